The molecular formula is C25H19BrClN3OS. The van der Waals surface area contributed by atoms with Crippen molar-refractivity contribution in [1.82, 2.24) is 10.3 Å². The van der Waals surface area contributed by atoms with Gasteiger partial charge in [-0.1, -0.05) is 39.7 Å². The van der Waals surface area contributed by atoms with E-state index in [1.807, 2.05) is 79.7 Å². The summed E-state index contributed by atoms with van der Waals surface area (Å²) < 4.78 is 7.44. The molecule has 0 unspecified atom stereocenters. The first-order valence-electron chi connectivity index (χ1n) is 10.1. The normalized spacial score (nSPS) is 18.1. The van der Waals surface area contributed by atoms with E-state index in [2.05, 4.69) is 31.1 Å². The molecule has 2 aromatic carbocycles. The Labute approximate surface area is 205 Å². The summed E-state index contributed by atoms with van der Waals surface area (Å²) in [5.74, 6) is 1.57. The molecule has 32 heavy (non-hydrogen) atoms. The zero-order valence-corrected chi connectivity index (χ0v) is 20.3. The van der Waals surface area contributed by atoms with E-state index in [-0.39, 0.29) is 12.1 Å². The molecule has 4 aromatic rings. The van der Waals surface area contributed by atoms with Gasteiger partial charge in [0.15, 0.2) is 5.11 Å². The maximum atomic E-state index is 6.43. The molecule has 1 fully saturated rings. The van der Waals surface area contributed by atoms with Gasteiger partial charge in [0.2, 0.25) is 0 Å². The lowest BCUT2D eigenvalue weighted by molar-refractivity contribution is 0.439. The molecule has 0 saturated carbocycles. The number of nitrogens with zero attached hydrogens (tertiary/aromatic N) is 2. The first-order valence-corrected chi connectivity index (χ1v) is 11.7. The number of hydrogen-bond donors (Lipinski definition) is 1. The molecule has 2 atom stereocenters. The molecule has 5 rings (SSSR count). The average molecular weight is 525 g/mol. The molecule has 0 amide bonds. The van der Waals surface area contributed by atoms with Crippen LogP contribution in [0.4, 0.5) is 5.69 Å². The van der Waals surface area contributed by atoms with E-state index in [9.17, 15) is 0 Å². The third-order valence-electron chi connectivity index (χ3n) is 5.59. The second kappa shape index (κ2) is 8.70. The summed E-state index contributed by atoms with van der Waals surface area (Å²) in [6.45, 7) is 2.05. The lowest BCUT2D eigenvalue weighted by Gasteiger charge is -2.26. The van der Waals surface area contributed by atoms with Crippen molar-refractivity contribution in [1.29, 1.82) is 0 Å². The number of pyridine rings is 1. The monoisotopic (exact) mass is 523 g/mol. The molecular weight excluding hydrogens is 506 g/mol. The largest absolute Gasteiger partial charge is 0.459 e. The van der Waals surface area contributed by atoms with Crippen molar-refractivity contribution in [3.63, 3.8) is 0 Å². The molecule has 1 aliphatic heterocycles. The Morgan fingerprint density at radius 2 is 1.88 bits per heavy atom. The average Bonchev–Trinajstić information content (AvgIpc) is 3.41. The van der Waals surface area contributed by atoms with E-state index in [4.69, 9.17) is 28.2 Å². The molecule has 3 heterocycles. The van der Waals surface area contributed by atoms with Gasteiger partial charge < -0.3 is 14.6 Å². The molecule has 1 N–H and O–H groups in total. The van der Waals surface area contributed by atoms with Gasteiger partial charge in [0.1, 0.15) is 17.6 Å². The Hall–Kier alpha value is -2.67. The quantitative estimate of drug-likeness (QED) is 0.285. The van der Waals surface area contributed by atoms with Gasteiger partial charge in [-0.2, -0.15) is 0 Å². The van der Waals surface area contributed by atoms with Crippen LogP contribution in [0.15, 0.2) is 87.9 Å². The predicted molar refractivity (Wildman–Crippen MR) is 136 cm³/mol. The number of hydrogen-bond acceptors (Lipinski definition) is 3. The zero-order chi connectivity index (χ0) is 22.2. The Morgan fingerprint density at radius 3 is 2.62 bits per heavy atom. The second-order valence-electron chi connectivity index (χ2n) is 7.63. The number of nitrogens with one attached hydrogen (secondary N) is 1. The van der Waals surface area contributed by atoms with Crippen LogP contribution in [0, 0.1) is 6.92 Å². The van der Waals surface area contributed by atoms with Gasteiger partial charge in [0, 0.05) is 26.9 Å². The summed E-state index contributed by atoms with van der Waals surface area (Å²) >= 11 is 15.5. The third-order valence-corrected chi connectivity index (χ3v) is 6.66. The molecule has 4 nitrogen and oxygen atoms in total. The number of furan rings is 1. The Balaban J connectivity index is 1.61. The molecule has 0 bridgehead atoms. The standard InChI is InChI=1S/C25H19BrClN3OS/c1-15-5-8-17(27)14-19(15)21-11-12-22(31-21)24-23(20-4-2-3-13-28-20)29-25(32)30(24)18-9-6-16(26)7-10-18/h2-14,23-24H,1H3,(H,29,32)/t23-,24-/m1/s1. The Kier molecular flexibility index (Phi) is 5.76. The number of aromatic nitrogens is 1. The SMILES string of the molecule is Cc1ccc(Cl)cc1-c1ccc([C@@H]2[C@@H](c3ccccn3)NC(=S)N2c2ccc(Br)cc2)o1. The number of rotatable bonds is 4. The number of benzene rings is 2. The summed E-state index contributed by atoms with van der Waals surface area (Å²) in [5.41, 5.74) is 3.95. The van der Waals surface area contributed by atoms with E-state index in [1.54, 1.807) is 6.20 Å². The molecule has 2 aromatic heterocycles. The van der Waals surface area contributed by atoms with Crippen LogP contribution in [0.25, 0.3) is 11.3 Å². The van der Waals surface area contributed by atoms with E-state index in [1.165, 1.54) is 0 Å². The van der Waals surface area contributed by atoms with Gasteiger partial charge in [-0.25, -0.2) is 0 Å². The number of aryl methyl sites for hydroxylation is 1. The maximum Gasteiger partial charge on any atom is 0.174 e. The van der Waals surface area contributed by atoms with E-state index < -0.39 is 0 Å². The molecule has 1 aliphatic rings. The summed E-state index contributed by atoms with van der Waals surface area (Å²) in [6, 6.07) is 23.4. The summed E-state index contributed by atoms with van der Waals surface area (Å²) in [7, 11) is 0. The van der Waals surface area contributed by atoms with Crippen molar-refractivity contribution >= 4 is 50.5 Å². The summed E-state index contributed by atoms with van der Waals surface area (Å²) in [5, 5.41) is 4.76. The summed E-state index contributed by atoms with van der Waals surface area (Å²) in [4.78, 5) is 6.68. The number of halogens is 2. The van der Waals surface area contributed by atoms with Crippen molar-refractivity contribution in [2.75, 3.05) is 4.90 Å². The summed E-state index contributed by atoms with van der Waals surface area (Å²) in [6.07, 6.45) is 1.79. The predicted octanol–water partition coefficient (Wildman–Crippen LogP) is 7.24. The van der Waals surface area contributed by atoms with Gasteiger partial charge >= 0.3 is 0 Å². The van der Waals surface area contributed by atoms with Crippen LogP contribution in [0.3, 0.4) is 0 Å². The molecule has 7 heteroatoms. The van der Waals surface area contributed by atoms with Crippen LogP contribution < -0.4 is 10.2 Å². The lowest BCUT2D eigenvalue weighted by Crippen LogP contribution is -2.29. The molecule has 160 valence electrons. The Morgan fingerprint density at radius 1 is 1.06 bits per heavy atom. The minimum Gasteiger partial charge on any atom is -0.459 e. The van der Waals surface area contributed by atoms with Crippen LogP contribution in [0.1, 0.15) is 29.1 Å². The van der Waals surface area contributed by atoms with E-state index >= 15 is 0 Å². The fraction of sp³-hybridized carbons (Fsp3) is 0.120. The van der Waals surface area contributed by atoms with Crippen LogP contribution in [0.2, 0.25) is 5.02 Å². The van der Waals surface area contributed by atoms with E-state index in [0.717, 1.165) is 38.5 Å². The fourth-order valence-electron chi connectivity index (χ4n) is 4.04. The first kappa shape index (κ1) is 21.2. The maximum absolute atomic E-state index is 6.43. The Bertz CT molecular complexity index is 1280. The van der Waals surface area contributed by atoms with E-state index in [0.29, 0.717) is 10.1 Å². The fourth-order valence-corrected chi connectivity index (χ4v) is 4.82. The van der Waals surface area contributed by atoms with Crippen LogP contribution in [-0.4, -0.2) is 10.1 Å². The molecule has 0 spiro atoms. The highest BCUT2D eigenvalue weighted by Crippen LogP contribution is 2.43. The lowest BCUT2D eigenvalue weighted by atomic mass is 10.0. The highest BCUT2D eigenvalue weighted by Gasteiger charge is 2.42. The van der Waals surface area contributed by atoms with Gasteiger partial charge in [-0.05, 0) is 85.4 Å². The number of anilines is 1. The van der Waals surface area contributed by atoms with Crippen LogP contribution in [0.5, 0.6) is 0 Å². The van der Waals surface area contributed by atoms with Gasteiger partial charge in [-0.15, -0.1) is 0 Å². The smallest absolute Gasteiger partial charge is 0.174 e. The van der Waals surface area contributed by atoms with Crippen molar-refractivity contribution < 1.29 is 4.42 Å². The van der Waals surface area contributed by atoms with Gasteiger partial charge in [0.25, 0.3) is 0 Å². The minimum atomic E-state index is -0.202. The van der Waals surface area contributed by atoms with Crippen molar-refractivity contribution in [3.8, 4) is 11.3 Å². The van der Waals surface area contributed by atoms with Gasteiger partial charge in [-0.3, -0.25) is 4.98 Å². The van der Waals surface area contributed by atoms with Crippen molar-refractivity contribution in [2.45, 2.75) is 19.0 Å². The van der Waals surface area contributed by atoms with Crippen molar-refractivity contribution in [2.24, 2.45) is 0 Å². The molecule has 0 radical (unpaired) electrons. The van der Waals surface area contributed by atoms with Crippen molar-refractivity contribution in [3.05, 3.63) is 106 Å². The first-order chi connectivity index (χ1) is 15.5. The van der Waals surface area contributed by atoms with Gasteiger partial charge in [0.05, 0.1) is 11.7 Å². The minimum absolute atomic E-state index is 0.160. The molecule has 1 saturated heterocycles. The van der Waals surface area contributed by atoms with Crippen LogP contribution >= 0.6 is 39.7 Å². The highest BCUT2D eigenvalue weighted by atomic mass is 79.9. The molecule has 0 aliphatic carbocycles. The topological polar surface area (TPSA) is 41.3 Å². The van der Waals surface area contributed by atoms with Crippen LogP contribution in [-0.2, 0) is 0 Å². The second-order valence-corrected chi connectivity index (χ2v) is 9.37. The third kappa shape index (κ3) is 3.94. The zero-order valence-electron chi connectivity index (χ0n) is 17.1. The number of thiocarbonyl (C=S) groups is 1. The highest BCUT2D eigenvalue weighted by molar-refractivity contribution is 9.10.